The molecule has 0 spiro atoms. The molecule has 1 aliphatic heterocycles. The summed E-state index contributed by atoms with van der Waals surface area (Å²) < 4.78 is 5.69. The second kappa shape index (κ2) is 9.80. The van der Waals surface area contributed by atoms with Gasteiger partial charge in [0.1, 0.15) is 10.3 Å². The summed E-state index contributed by atoms with van der Waals surface area (Å²) >= 11 is 1.62. The second-order valence-corrected chi connectivity index (χ2v) is 8.10. The summed E-state index contributed by atoms with van der Waals surface area (Å²) in [5, 5.41) is 0.998. The SMILES string of the molecule is O=C(CCCOCCc1ccccc1)N1CCN(c2nc3cccnc3s2)CC1. The fourth-order valence-corrected chi connectivity index (χ4v) is 4.42. The Hall–Kier alpha value is -2.51. The number of carbonyl (C=O) groups excluding carboxylic acids is 1. The van der Waals surface area contributed by atoms with Crippen molar-refractivity contribution < 1.29 is 9.53 Å². The van der Waals surface area contributed by atoms with Crippen molar-refractivity contribution >= 4 is 32.7 Å². The van der Waals surface area contributed by atoms with Crippen molar-refractivity contribution in [2.75, 3.05) is 44.3 Å². The van der Waals surface area contributed by atoms with Gasteiger partial charge in [-0.15, -0.1) is 0 Å². The van der Waals surface area contributed by atoms with E-state index < -0.39 is 0 Å². The summed E-state index contributed by atoms with van der Waals surface area (Å²) in [4.78, 5) is 26.7. The number of benzene rings is 1. The van der Waals surface area contributed by atoms with E-state index in [-0.39, 0.29) is 5.91 Å². The van der Waals surface area contributed by atoms with Crippen LogP contribution in [0.3, 0.4) is 0 Å². The van der Waals surface area contributed by atoms with Crippen LogP contribution in [0.1, 0.15) is 18.4 Å². The number of hydrogen-bond acceptors (Lipinski definition) is 6. The molecule has 0 saturated carbocycles. The van der Waals surface area contributed by atoms with Crippen molar-refractivity contribution in [3.63, 3.8) is 0 Å². The number of anilines is 1. The van der Waals surface area contributed by atoms with E-state index in [1.54, 1.807) is 17.5 Å². The number of carbonyl (C=O) groups is 1. The van der Waals surface area contributed by atoms with E-state index in [0.717, 1.165) is 54.5 Å². The topological polar surface area (TPSA) is 58.6 Å². The number of aromatic nitrogens is 2. The molecular formula is C22H26N4O2S. The maximum Gasteiger partial charge on any atom is 0.222 e. The summed E-state index contributed by atoms with van der Waals surface area (Å²) in [5.41, 5.74) is 2.23. The van der Waals surface area contributed by atoms with Gasteiger partial charge in [-0.3, -0.25) is 4.79 Å². The van der Waals surface area contributed by atoms with Gasteiger partial charge in [0.05, 0.1) is 6.61 Å². The third-order valence-corrected chi connectivity index (χ3v) is 6.16. The van der Waals surface area contributed by atoms with E-state index in [4.69, 9.17) is 4.74 Å². The van der Waals surface area contributed by atoms with E-state index in [9.17, 15) is 4.79 Å². The van der Waals surface area contributed by atoms with Crippen LogP contribution in [0.5, 0.6) is 0 Å². The predicted molar refractivity (Wildman–Crippen MR) is 116 cm³/mol. The number of fused-ring (bicyclic) bond motifs is 1. The minimum absolute atomic E-state index is 0.224. The maximum atomic E-state index is 12.5. The largest absolute Gasteiger partial charge is 0.381 e. The zero-order chi connectivity index (χ0) is 19.9. The fraction of sp³-hybridized carbons (Fsp3) is 0.409. The molecule has 0 aliphatic carbocycles. The number of piperazine rings is 1. The third-order valence-electron chi connectivity index (χ3n) is 5.12. The average molecular weight is 411 g/mol. The van der Waals surface area contributed by atoms with Crippen LogP contribution in [-0.4, -0.2) is 60.2 Å². The van der Waals surface area contributed by atoms with Crippen LogP contribution in [-0.2, 0) is 16.0 Å². The van der Waals surface area contributed by atoms with Gasteiger partial charge in [-0.25, -0.2) is 9.97 Å². The molecule has 0 bridgehead atoms. The highest BCUT2D eigenvalue weighted by atomic mass is 32.1. The molecule has 0 atom stereocenters. The molecule has 1 saturated heterocycles. The number of pyridine rings is 1. The van der Waals surface area contributed by atoms with Gasteiger partial charge in [-0.2, -0.15) is 0 Å². The van der Waals surface area contributed by atoms with Gasteiger partial charge in [0.15, 0.2) is 5.13 Å². The zero-order valence-electron chi connectivity index (χ0n) is 16.5. The molecule has 4 rings (SSSR count). The monoisotopic (exact) mass is 410 g/mol. The summed E-state index contributed by atoms with van der Waals surface area (Å²) in [5.74, 6) is 0.224. The van der Waals surface area contributed by atoms with E-state index >= 15 is 0 Å². The van der Waals surface area contributed by atoms with E-state index in [1.165, 1.54) is 5.56 Å². The van der Waals surface area contributed by atoms with Crippen molar-refractivity contribution in [3.8, 4) is 0 Å². The summed E-state index contributed by atoms with van der Waals surface area (Å²) in [6.45, 7) is 4.47. The van der Waals surface area contributed by atoms with Gasteiger partial charge < -0.3 is 14.5 Å². The molecular weight excluding hydrogens is 384 g/mol. The molecule has 152 valence electrons. The first-order chi connectivity index (χ1) is 14.3. The Morgan fingerprint density at radius 2 is 1.86 bits per heavy atom. The lowest BCUT2D eigenvalue weighted by molar-refractivity contribution is -0.131. The maximum absolute atomic E-state index is 12.5. The molecule has 0 radical (unpaired) electrons. The van der Waals surface area contributed by atoms with Crippen molar-refractivity contribution in [2.45, 2.75) is 19.3 Å². The molecule has 0 N–H and O–H groups in total. The van der Waals surface area contributed by atoms with Crippen LogP contribution in [0.15, 0.2) is 48.7 Å². The Balaban J connectivity index is 1.14. The molecule has 2 aromatic heterocycles. The summed E-state index contributed by atoms with van der Waals surface area (Å²) in [6, 6.07) is 14.2. The molecule has 1 amide bonds. The zero-order valence-corrected chi connectivity index (χ0v) is 17.3. The van der Waals surface area contributed by atoms with Gasteiger partial charge >= 0.3 is 0 Å². The van der Waals surface area contributed by atoms with Crippen molar-refractivity contribution in [1.82, 2.24) is 14.9 Å². The Labute approximate surface area is 175 Å². The molecule has 1 fully saturated rings. The van der Waals surface area contributed by atoms with Crippen molar-refractivity contribution in [2.24, 2.45) is 0 Å². The molecule has 3 aromatic rings. The molecule has 29 heavy (non-hydrogen) atoms. The van der Waals surface area contributed by atoms with Gasteiger partial charge in [-0.05, 0) is 30.5 Å². The first-order valence-electron chi connectivity index (χ1n) is 10.2. The average Bonchev–Trinajstić information content (AvgIpc) is 3.21. The standard InChI is InChI=1S/C22H26N4O2S/c27-20(9-5-16-28-17-10-18-6-2-1-3-7-18)25-12-14-26(15-13-25)22-24-19-8-4-11-23-21(19)29-22/h1-4,6-8,11H,5,9-10,12-17H2. The first-order valence-corrected chi connectivity index (χ1v) is 11.0. The summed E-state index contributed by atoms with van der Waals surface area (Å²) in [6.07, 6.45) is 4.04. The minimum atomic E-state index is 0.224. The Morgan fingerprint density at radius 3 is 2.66 bits per heavy atom. The fourth-order valence-electron chi connectivity index (χ4n) is 3.46. The molecule has 0 unspecified atom stereocenters. The molecule has 7 heteroatoms. The van der Waals surface area contributed by atoms with Gasteiger partial charge in [0, 0.05) is 45.4 Å². The lowest BCUT2D eigenvalue weighted by Crippen LogP contribution is -2.48. The number of hydrogen-bond donors (Lipinski definition) is 0. The van der Waals surface area contributed by atoms with Crippen LogP contribution < -0.4 is 4.90 Å². The number of nitrogens with zero attached hydrogens (tertiary/aromatic N) is 4. The molecule has 1 aliphatic rings. The van der Waals surface area contributed by atoms with Crippen molar-refractivity contribution in [3.05, 3.63) is 54.2 Å². The normalized spacial score (nSPS) is 14.5. The van der Waals surface area contributed by atoms with Gasteiger partial charge in [-0.1, -0.05) is 41.7 Å². The number of rotatable bonds is 8. The van der Waals surface area contributed by atoms with Gasteiger partial charge in [0.25, 0.3) is 0 Å². The number of ether oxygens (including phenoxy) is 1. The highest BCUT2D eigenvalue weighted by Gasteiger charge is 2.22. The second-order valence-electron chi connectivity index (χ2n) is 7.14. The quantitative estimate of drug-likeness (QED) is 0.533. The lowest BCUT2D eigenvalue weighted by Gasteiger charge is -2.34. The summed E-state index contributed by atoms with van der Waals surface area (Å²) in [7, 11) is 0. The third kappa shape index (κ3) is 5.31. The van der Waals surface area contributed by atoms with Crippen molar-refractivity contribution in [1.29, 1.82) is 0 Å². The minimum Gasteiger partial charge on any atom is -0.381 e. The highest BCUT2D eigenvalue weighted by Crippen LogP contribution is 2.27. The Bertz CT molecular complexity index is 890. The Kier molecular flexibility index (Phi) is 6.69. The van der Waals surface area contributed by atoms with Crippen LogP contribution in [0.4, 0.5) is 5.13 Å². The molecule has 3 heterocycles. The van der Waals surface area contributed by atoms with E-state index in [0.29, 0.717) is 19.6 Å². The van der Waals surface area contributed by atoms with E-state index in [1.807, 2.05) is 35.2 Å². The van der Waals surface area contributed by atoms with Gasteiger partial charge in [0.2, 0.25) is 5.91 Å². The lowest BCUT2D eigenvalue weighted by atomic mass is 10.2. The highest BCUT2D eigenvalue weighted by molar-refractivity contribution is 7.21. The van der Waals surface area contributed by atoms with E-state index in [2.05, 4.69) is 27.0 Å². The number of thiazole rings is 1. The predicted octanol–water partition coefficient (Wildman–Crippen LogP) is 3.38. The first kappa shape index (κ1) is 19.8. The van der Waals surface area contributed by atoms with Crippen LogP contribution in [0.2, 0.25) is 0 Å². The van der Waals surface area contributed by atoms with Crippen LogP contribution in [0.25, 0.3) is 10.3 Å². The Morgan fingerprint density at radius 1 is 1.03 bits per heavy atom. The smallest absolute Gasteiger partial charge is 0.222 e. The van der Waals surface area contributed by atoms with Crippen LogP contribution >= 0.6 is 11.3 Å². The molecule has 6 nitrogen and oxygen atoms in total. The molecule has 1 aromatic carbocycles. The van der Waals surface area contributed by atoms with Crippen LogP contribution in [0, 0.1) is 0 Å². The number of amides is 1.